The number of H-pyrrole nitrogens is 1. The van der Waals surface area contributed by atoms with Crippen LogP contribution in [0.5, 0.6) is 0 Å². The summed E-state index contributed by atoms with van der Waals surface area (Å²) in [6, 6.07) is 0.0269. The summed E-state index contributed by atoms with van der Waals surface area (Å²) in [5.74, 6) is 0.309. The quantitative estimate of drug-likeness (QED) is 0.616. The van der Waals surface area contributed by atoms with Crippen molar-refractivity contribution in [1.29, 1.82) is 0 Å². The van der Waals surface area contributed by atoms with E-state index in [-0.39, 0.29) is 18.3 Å². The maximum atomic E-state index is 11.0. The lowest BCUT2D eigenvalue weighted by atomic mass is 10.4. The van der Waals surface area contributed by atoms with Crippen molar-refractivity contribution in [3.8, 4) is 0 Å². The van der Waals surface area contributed by atoms with Gasteiger partial charge in [-0.25, -0.2) is 9.48 Å². The molecule has 11 heavy (non-hydrogen) atoms. The summed E-state index contributed by atoms with van der Waals surface area (Å²) >= 11 is 0. The van der Waals surface area contributed by atoms with E-state index in [1.807, 2.05) is 13.8 Å². The van der Waals surface area contributed by atoms with E-state index < -0.39 is 0 Å². The van der Waals surface area contributed by atoms with Gasteiger partial charge in [-0.3, -0.25) is 4.98 Å². The van der Waals surface area contributed by atoms with Gasteiger partial charge in [-0.1, -0.05) is 0 Å². The molecule has 5 heteroatoms. The van der Waals surface area contributed by atoms with E-state index in [9.17, 15) is 4.79 Å². The van der Waals surface area contributed by atoms with Crippen LogP contribution in [-0.4, -0.2) is 19.9 Å². The molecule has 0 radical (unpaired) electrons. The summed E-state index contributed by atoms with van der Waals surface area (Å²) in [5.41, 5.74) is -0.274. The first kappa shape index (κ1) is 8.00. The van der Waals surface area contributed by atoms with Gasteiger partial charge in [0.05, 0.1) is 6.04 Å². The van der Waals surface area contributed by atoms with Crippen LogP contribution >= 0.6 is 0 Å². The molecule has 2 N–H and O–H groups in total. The van der Waals surface area contributed by atoms with Crippen LogP contribution in [-0.2, 0) is 6.61 Å². The van der Waals surface area contributed by atoms with E-state index in [4.69, 9.17) is 5.11 Å². The summed E-state index contributed by atoms with van der Waals surface area (Å²) in [6.45, 7) is 3.47. The van der Waals surface area contributed by atoms with E-state index in [1.165, 1.54) is 4.68 Å². The molecule has 0 unspecified atom stereocenters. The fraction of sp³-hybridized carbons (Fsp3) is 0.667. The number of aliphatic hydroxyl groups excluding tert-OH is 1. The maximum absolute atomic E-state index is 11.0. The Morgan fingerprint density at radius 2 is 2.36 bits per heavy atom. The normalized spacial score (nSPS) is 10.9. The molecule has 0 atom stereocenters. The third kappa shape index (κ3) is 1.48. The van der Waals surface area contributed by atoms with Crippen molar-refractivity contribution in [2.45, 2.75) is 26.5 Å². The highest BCUT2D eigenvalue weighted by Crippen LogP contribution is 1.96. The predicted molar refractivity (Wildman–Crippen MR) is 39.2 cm³/mol. The number of hydrogen-bond acceptors (Lipinski definition) is 3. The van der Waals surface area contributed by atoms with E-state index in [2.05, 4.69) is 10.1 Å². The van der Waals surface area contributed by atoms with Gasteiger partial charge in [-0.2, -0.15) is 5.10 Å². The molecule has 1 aromatic heterocycles. The minimum atomic E-state index is -0.274. The highest BCUT2D eigenvalue weighted by Gasteiger charge is 2.05. The van der Waals surface area contributed by atoms with Crippen LogP contribution in [0.2, 0.25) is 0 Å². The van der Waals surface area contributed by atoms with E-state index in [0.29, 0.717) is 5.82 Å². The Hall–Kier alpha value is -1.10. The van der Waals surface area contributed by atoms with Gasteiger partial charge < -0.3 is 5.11 Å². The largest absolute Gasteiger partial charge is 0.388 e. The van der Waals surface area contributed by atoms with Gasteiger partial charge in [0.1, 0.15) is 6.61 Å². The molecule has 1 aromatic rings. The Morgan fingerprint density at radius 1 is 1.73 bits per heavy atom. The van der Waals surface area contributed by atoms with E-state index in [0.717, 1.165) is 0 Å². The van der Waals surface area contributed by atoms with Crippen molar-refractivity contribution >= 4 is 0 Å². The number of aromatic amines is 1. The van der Waals surface area contributed by atoms with Gasteiger partial charge in [0.25, 0.3) is 0 Å². The molecule has 1 rings (SSSR count). The molecule has 0 bridgehead atoms. The topological polar surface area (TPSA) is 70.9 Å². The van der Waals surface area contributed by atoms with Crippen LogP contribution in [0.4, 0.5) is 0 Å². The summed E-state index contributed by atoms with van der Waals surface area (Å²) in [5, 5.41) is 12.4. The van der Waals surface area contributed by atoms with Crippen molar-refractivity contribution in [3.05, 3.63) is 16.3 Å². The summed E-state index contributed by atoms with van der Waals surface area (Å²) < 4.78 is 1.30. The Bertz CT molecular complexity index is 286. The maximum Gasteiger partial charge on any atom is 0.343 e. The fourth-order valence-electron chi connectivity index (χ4n) is 0.802. The Balaban J connectivity index is 3.07. The Kier molecular flexibility index (Phi) is 2.09. The number of nitrogens with zero attached hydrogens (tertiary/aromatic N) is 2. The third-order valence-corrected chi connectivity index (χ3v) is 1.33. The van der Waals surface area contributed by atoms with Crippen molar-refractivity contribution in [3.63, 3.8) is 0 Å². The Morgan fingerprint density at radius 3 is 2.64 bits per heavy atom. The fourth-order valence-corrected chi connectivity index (χ4v) is 0.802. The Labute approximate surface area is 63.7 Å². The smallest absolute Gasteiger partial charge is 0.343 e. The molecule has 0 aromatic carbocycles. The second kappa shape index (κ2) is 2.87. The molecule has 62 valence electrons. The molecule has 5 nitrogen and oxygen atoms in total. The zero-order chi connectivity index (χ0) is 8.43. The lowest BCUT2D eigenvalue weighted by Gasteiger charge is -1.99. The molecule has 1 heterocycles. The minimum absolute atomic E-state index is 0.0269. The van der Waals surface area contributed by atoms with E-state index >= 15 is 0 Å². The van der Waals surface area contributed by atoms with Crippen LogP contribution in [0.15, 0.2) is 4.79 Å². The molecule has 0 aliphatic rings. The first-order valence-electron chi connectivity index (χ1n) is 3.43. The third-order valence-electron chi connectivity index (χ3n) is 1.33. The van der Waals surface area contributed by atoms with Crippen LogP contribution in [0, 0.1) is 0 Å². The average molecular weight is 157 g/mol. The second-order valence-corrected chi connectivity index (χ2v) is 2.57. The molecular formula is C6H11N3O2. The first-order valence-corrected chi connectivity index (χ1v) is 3.43. The van der Waals surface area contributed by atoms with Gasteiger partial charge in [0.2, 0.25) is 0 Å². The van der Waals surface area contributed by atoms with E-state index in [1.54, 1.807) is 0 Å². The second-order valence-electron chi connectivity index (χ2n) is 2.57. The number of rotatable bonds is 2. The van der Waals surface area contributed by atoms with Gasteiger partial charge in [0.15, 0.2) is 5.82 Å². The molecule has 0 aliphatic heterocycles. The van der Waals surface area contributed by atoms with Crippen molar-refractivity contribution < 1.29 is 5.11 Å². The molecular weight excluding hydrogens is 146 g/mol. The molecule has 0 amide bonds. The standard InChI is InChI=1S/C6H11N3O2/c1-4(2)9-6(11)7-5(3-10)8-9/h4,10H,3H2,1-2H3,(H,7,8,11). The SMILES string of the molecule is CC(C)n1nc(CO)[nH]c1=O. The van der Waals surface area contributed by atoms with Gasteiger partial charge in [-0.05, 0) is 13.8 Å². The van der Waals surface area contributed by atoms with Gasteiger partial charge in [0, 0.05) is 0 Å². The number of hydrogen-bond donors (Lipinski definition) is 2. The lowest BCUT2D eigenvalue weighted by Crippen LogP contribution is -2.19. The zero-order valence-corrected chi connectivity index (χ0v) is 6.53. The summed E-state index contributed by atoms with van der Waals surface area (Å²) in [6.07, 6.45) is 0. The lowest BCUT2D eigenvalue weighted by molar-refractivity contribution is 0.270. The predicted octanol–water partition coefficient (Wildman–Crippen LogP) is -0.355. The first-order chi connectivity index (χ1) is 5.15. The van der Waals surface area contributed by atoms with Crippen molar-refractivity contribution in [1.82, 2.24) is 14.8 Å². The molecule has 0 saturated heterocycles. The van der Waals surface area contributed by atoms with Crippen LogP contribution in [0.1, 0.15) is 25.7 Å². The highest BCUT2D eigenvalue weighted by atomic mass is 16.3. The molecule has 0 spiro atoms. The molecule has 0 saturated carbocycles. The molecule has 0 fully saturated rings. The summed E-state index contributed by atoms with van der Waals surface area (Å²) in [7, 11) is 0. The monoisotopic (exact) mass is 157 g/mol. The number of nitrogens with one attached hydrogen (secondary N) is 1. The minimum Gasteiger partial charge on any atom is -0.388 e. The van der Waals surface area contributed by atoms with Crippen LogP contribution < -0.4 is 5.69 Å². The number of aromatic nitrogens is 3. The highest BCUT2D eigenvalue weighted by molar-refractivity contribution is 4.79. The zero-order valence-electron chi connectivity index (χ0n) is 6.53. The van der Waals surface area contributed by atoms with Crippen molar-refractivity contribution in [2.75, 3.05) is 0 Å². The van der Waals surface area contributed by atoms with Crippen LogP contribution in [0.3, 0.4) is 0 Å². The summed E-state index contributed by atoms with van der Waals surface area (Å²) in [4.78, 5) is 13.4. The number of aliphatic hydroxyl groups is 1. The molecule has 0 aliphatic carbocycles. The van der Waals surface area contributed by atoms with Crippen LogP contribution in [0.25, 0.3) is 0 Å². The van der Waals surface area contributed by atoms with Gasteiger partial charge >= 0.3 is 5.69 Å². The average Bonchev–Trinajstić information content (AvgIpc) is 2.30. The van der Waals surface area contributed by atoms with Crippen molar-refractivity contribution in [2.24, 2.45) is 0 Å². The van der Waals surface area contributed by atoms with Gasteiger partial charge in [-0.15, -0.1) is 0 Å².